The van der Waals surface area contributed by atoms with Crippen LogP contribution in [0.15, 0.2) is 72.8 Å². The zero-order chi connectivity index (χ0) is 15.8. The van der Waals surface area contributed by atoms with E-state index in [0.717, 1.165) is 12.2 Å². The van der Waals surface area contributed by atoms with Crippen molar-refractivity contribution in [1.82, 2.24) is 0 Å². The molecular formula is C21H19ClN2. The van der Waals surface area contributed by atoms with E-state index in [1.807, 2.05) is 6.07 Å². The van der Waals surface area contributed by atoms with Crippen molar-refractivity contribution in [3.05, 3.63) is 72.8 Å². The first-order valence-electron chi connectivity index (χ1n) is 7.99. The van der Waals surface area contributed by atoms with Crippen molar-refractivity contribution in [3.63, 3.8) is 0 Å². The van der Waals surface area contributed by atoms with Gasteiger partial charge in [0.25, 0.3) is 0 Å². The zero-order valence-electron chi connectivity index (χ0n) is 13.5. The van der Waals surface area contributed by atoms with E-state index in [9.17, 15) is 0 Å². The summed E-state index contributed by atoms with van der Waals surface area (Å²) in [5.74, 6) is 0. The molecule has 0 atom stereocenters. The maximum absolute atomic E-state index is 6.07. The van der Waals surface area contributed by atoms with E-state index in [1.165, 1.54) is 32.9 Å². The smallest absolute Gasteiger partial charge is 0.220 e. The summed E-state index contributed by atoms with van der Waals surface area (Å²) < 4.78 is 2.36. The van der Waals surface area contributed by atoms with Crippen molar-refractivity contribution in [1.29, 1.82) is 0 Å². The number of benzene rings is 3. The third-order valence-electron chi connectivity index (χ3n) is 4.42. The van der Waals surface area contributed by atoms with Crippen LogP contribution in [0.4, 0.5) is 5.69 Å². The molecule has 0 fully saturated rings. The van der Waals surface area contributed by atoms with Crippen LogP contribution in [0, 0.1) is 0 Å². The van der Waals surface area contributed by atoms with Gasteiger partial charge >= 0.3 is 0 Å². The molecule has 0 amide bonds. The highest BCUT2D eigenvalue weighted by Crippen LogP contribution is 2.31. The van der Waals surface area contributed by atoms with Crippen molar-refractivity contribution in [2.24, 2.45) is 0 Å². The first kappa shape index (κ1) is 16.3. The molecule has 0 saturated carbocycles. The highest BCUT2D eigenvalue weighted by molar-refractivity contribution is 6.09. The fourth-order valence-electron chi connectivity index (χ4n) is 3.43. The van der Waals surface area contributed by atoms with Crippen molar-refractivity contribution in [2.75, 3.05) is 5.73 Å². The predicted molar refractivity (Wildman–Crippen MR) is 97.2 cm³/mol. The fraction of sp³-hybridized carbons (Fsp3) is 0.0952. The van der Waals surface area contributed by atoms with Crippen LogP contribution >= 0.6 is 0 Å². The lowest BCUT2D eigenvalue weighted by Gasteiger charge is -2.11. The lowest BCUT2D eigenvalue weighted by atomic mass is 9.99. The van der Waals surface area contributed by atoms with Crippen LogP contribution in [0.1, 0.15) is 6.92 Å². The van der Waals surface area contributed by atoms with E-state index in [2.05, 4.69) is 78.2 Å². The van der Waals surface area contributed by atoms with Crippen LogP contribution in [0.3, 0.4) is 0 Å². The average Bonchev–Trinajstić information content (AvgIpc) is 2.61. The first-order valence-corrected chi connectivity index (χ1v) is 7.99. The van der Waals surface area contributed by atoms with Gasteiger partial charge < -0.3 is 18.1 Å². The molecule has 24 heavy (non-hydrogen) atoms. The molecule has 2 nitrogen and oxygen atoms in total. The van der Waals surface area contributed by atoms with Crippen LogP contribution in [0.2, 0.25) is 0 Å². The van der Waals surface area contributed by atoms with Gasteiger partial charge in [0.2, 0.25) is 11.2 Å². The highest BCUT2D eigenvalue weighted by Gasteiger charge is 2.21. The molecule has 1 heterocycles. The maximum atomic E-state index is 6.07. The van der Waals surface area contributed by atoms with Crippen LogP contribution < -0.4 is 22.7 Å². The van der Waals surface area contributed by atoms with Gasteiger partial charge in [-0.05, 0) is 37.3 Å². The number of hydrogen-bond donors (Lipinski definition) is 1. The summed E-state index contributed by atoms with van der Waals surface area (Å²) in [4.78, 5) is 0. The molecule has 120 valence electrons. The minimum Gasteiger partial charge on any atom is -1.00 e. The number of hydrogen-bond acceptors (Lipinski definition) is 1. The molecule has 4 aromatic rings. The summed E-state index contributed by atoms with van der Waals surface area (Å²) in [5, 5.41) is 3.79. The summed E-state index contributed by atoms with van der Waals surface area (Å²) in [5.41, 5.74) is 10.5. The van der Waals surface area contributed by atoms with Crippen molar-refractivity contribution in [3.8, 4) is 11.3 Å². The molecule has 1 aromatic heterocycles. The fourth-order valence-corrected chi connectivity index (χ4v) is 3.43. The molecule has 0 aliphatic heterocycles. The largest absolute Gasteiger partial charge is 1.00 e. The standard InChI is InChI=1S/C21H18N2.ClH/c1-2-23-20-14-16(22)12-13-18(20)17-10-6-7-11-19(17)21(23)15-8-4-3-5-9-15;/h3-14,22H,2H2,1H3;1H. The van der Waals surface area contributed by atoms with Gasteiger partial charge in [-0.1, -0.05) is 36.4 Å². The third kappa shape index (κ3) is 2.49. The van der Waals surface area contributed by atoms with E-state index < -0.39 is 0 Å². The minimum absolute atomic E-state index is 0. The molecule has 4 rings (SSSR count). The minimum atomic E-state index is 0. The molecule has 3 aromatic carbocycles. The molecule has 2 N–H and O–H groups in total. The second-order valence-electron chi connectivity index (χ2n) is 5.78. The van der Waals surface area contributed by atoms with E-state index in [-0.39, 0.29) is 12.4 Å². The number of nitrogen functional groups attached to an aromatic ring is 1. The second-order valence-corrected chi connectivity index (χ2v) is 5.78. The van der Waals surface area contributed by atoms with E-state index in [0.29, 0.717) is 0 Å². The quantitative estimate of drug-likeness (QED) is 0.336. The molecule has 0 radical (unpaired) electrons. The summed E-state index contributed by atoms with van der Waals surface area (Å²) in [6.07, 6.45) is 0. The molecule has 0 saturated heterocycles. The van der Waals surface area contributed by atoms with Gasteiger partial charge in [-0.3, -0.25) is 0 Å². The Bertz CT molecular complexity index is 1010. The number of nitrogens with zero attached hydrogens (tertiary/aromatic N) is 1. The van der Waals surface area contributed by atoms with Crippen LogP contribution in [-0.4, -0.2) is 0 Å². The summed E-state index contributed by atoms with van der Waals surface area (Å²) in [6, 6.07) is 25.4. The SMILES string of the molecule is CC[n+]1c(-c2ccccc2)c2ccccc2c2ccc(N)cc21.[Cl-]. The first-order chi connectivity index (χ1) is 11.3. The highest BCUT2D eigenvalue weighted by atomic mass is 35.5. The Morgan fingerprint density at radius 1 is 0.792 bits per heavy atom. The number of pyridine rings is 1. The Balaban J connectivity index is 0.00000169. The monoisotopic (exact) mass is 334 g/mol. The topological polar surface area (TPSA) is 29.9 Å². The van der Waals surface area contributed by atoms with Gasteiger partial charge in [-0.25, -0.2) is 0 Å². The zero-order valence-corrected chi connectivity index (χ0v) is 14.3. The van der Waals surface area contributed by atoms with Crippen molar-refractivity contribution < 1.29 is 17.0 Å². The number of aryl methyl sites for hydroxylation is 1. The van der Waals surface area contributed by atoms with Gasteiger partial charge in [-0.2, -0.15) is 4.57 Å². The molecule has 0 bridgehead atoms. The van der Waals surface area contributed by atoms with Crippen LogP contribution in [-0.2, 0) is 6.54 Å². The maximum Gasteiger partial charge on any atom is 0.220 e. The van der Waals surface area contributed by atoms with Crippen molar-refractivity contribution >= 4 is 27.4 Å². The van der Waals surface area contributed by atoms with E-state index in [1.54, 1.807) is 0 Å². The summed E-state index contributed by atoms with van der Waals surface area (Å²) >= 11 is 0. The third-order valence-corrected chi connectivity index (χ3v) is 4.42. The second kappa shape index (κ2) is 6.50. The molecule has 0 unspecified atom stereocenters. The summed E-state index contributed by atoms with van der Waals surface area (Å²) in [6.45, 7) is 3.08. The van der Waals surface area contributed by atoms with Crippen LogP contribution in [0.25, 0.3) is 32.9 Å². The van der Waals surface area contributed by atoms with E-state index in [4.69, 9.17) is 5.73 Å². The van der Waals surface area contributed by atoms with Gasteiger partial charge in [0.05, 0.1) is 10.8 Å². The van der Waals surface area contributed by atoms with E-state index >= 15 is 0 Å². The Morgan fingerprint density at radius 2 is 1.46 bits per heavy atom. The van der Waals surface area contributed by atoms with Gasteiger partial charge in [0.15, 0.2) is 0 Å². The lowest BCUT2D eigenvalue weighted by molar-refractivity contribution is -0.655. The molecule has 3 heteroatoms. The Labute approximate surface area is 148 Å². The number of aromatic nitrogens is 1. The normalized spacial score (nSPS) is 10.7. The lowest BCUT2D eigenvalue weighted by Crippen LogP contribution is -3.00. The molecular weight excluding hydrogens is 316 g/mol. The molecule has 0 spiro atoms. The summed E-state index contributed by atoms with van der Waals surface area (Å²) in [7, 11) is 0. The number of nitrogens with two attached hydrogens (primary N) is 1. The van der Waals surface area contributed by atoms with Gasteiger partial charge in [0.1, 0.15) is 6.54 Å². The van der Waals surface area contributed by atoms with Gasteiger partial charge in [0, 0.05) is 22.7 Å². The molecule has 0 aliphatic rings. The number of halogens is 1. The number of fused-ring (bicyclic) bond motifs is 3. The van der Waals surface area contributed by atoms with Gasteiger partial charge in [-0.15, -0.1) is 0 Å². The Morgan fingerprint density at radius 3 is 2.17 bits per heavy atom. The number of rotatable bonds is 2. The Hall–Kier alpha value is -2.58. The van der Waals surface area contributed by atoms with Crippen LogP contribution in [0.5, 0.6) is 0 Å². The number of anilines is 1. The van der Waals surface area contributed by atoms with Crippen molar-refractivity contribution in [2.45, 2.75) is 13.5 Å². The predicted octanol–water partition coefficient (Wildman–Crippen LogP) is 1.55. The Kier molecular flexibility index (Phi) is 4.41. The average molecular weight is 335 g/mol. The molecule has 0 aliphatic carbocycles.